The van der Waals surface area contributed by atoms with Gasteiger partial charge in [0.05, 0.1) is 11.4 Å². The van der Waals surface area contributed by atoms with Gasteiger partial charge >= 0.3 is 18.4 Å². The zero-order valence-corrected chi connectivity index (χ0v) is 15.0. The molecule has 6 nitrogen and oxygen atoms in total. The average molecular weight is 428 g/mol. The number of carbonyl (C=O) groups is 1. The minimum Gasteiger partial charge on any atom is -0.369 e. The Morgan fingerprint density at radius 2 is 1.75 bits per heavy atom. The van der Waals surface area contributed by atoms with Crippen LogP contribution >= 0.6 is 11.3 Å². The van der Waals surface area contributed by atoms with Gasteiger partial charge in [-0.2, -0.15) is 26.3 Å². The molecular formula is C15H14F6N4O2S. The van der Waals surface area contributed by atoms with Gasteiger partial charge in [-0.05, 0) is 24.6 Å². The van der Waals surface area contributed by atoms with Crippen LogP contribution in [0.25, 0.3) is 0 Å². The van der Waals surface area contributed by atoms with Gasteiger partial charge in [-0.3, -0.25) is 9.88 Å². The lowest BCUT2D eigenvalue weighted by molar-refractivity contribution is -0.375. The van der Waals surface area contributed by atoms with E-state index in [9.17, 15) is 36.2 Å². The summed E-state index contributed by atoms with van der Waals surface area (Å²) in [7, 11) is 0. The maximum absolute atomic E-state index is 13.0. The number of anilines is 1. The van der Waals surface area contributed by atoms with Crippen molar-refractivity contribution < 1.29 is 36.2 Å². The van der Waals surface area contributed by atoms with Crippen molar-refractivity contribution in [1.82, 2.24) is 15.3 Å². The quantitative estimate of drug-likeness (QED) is 0.714. The number of hydrogen-bond acceptors (Lipinski definition) is 5. The van der Waals surface area contributed by atoms with Gasteiger partial charge in [0.1, 0.15) is 0 Å². The Morgan fingerprint density at radius 1 is 1.18 bits per heavy atom. The van der Waals surface area contributed by atoms with Gasteiger partial charge in [0.25, 0.3) is 5.60 Å². The molecule has 0 unspecified atom stereocenters. The first kappa shape index (κ1) is 21.9. The van der Waals surface area contributed by atoms with Gasteiger partial charge in [-0.25, -0.2) is 9.78 Å². The summed E-state index contributed by atoms with van der Waals surface area (Å²) in [5.74, 6) is 0. The lowest BCUT2D eigenvalue weighted by Gasteiger charge is -2.30. The van der Waals surface area contributed by atoms with Crippen molar-refractivity contribution in [3.8, 4) is 0 Å². The highest BCUT2D eigenvalue weighted by Crippen LogP contribution is 2.52. The number of aromatic nitrogens is 2. The molecule has 2 N–H and O–H groups in total. The highest BCUT2D eigenvalue weighted by Gasteiger charge is 2.72. The van der Waals surface area contributed by atoms with Crippen LogP contribution in [0.2, 0.25) is 0 Å². The molecule has 0 aliphatic heterocycles. The zero-order valence-electron chi connectivity index (χ0n) is 14.2. The van der Waals surface area contributed by atoms with Gasteiger partial charge in [-0.15, -0.1) is 0 Å². The fourth-order valence-electron chi connectivity index (χ4n) is 2.14. The van der Waals surface area contributed by atoms with Crippen molar-refractivity contribution in [2.24, 2.45) is 0 Å². The minimum atomic E-state index is -6.03. The van der Waals surface area contributed by atoms with E-state index < -0.39 is 34.0 Å². The minimum absolute atomic E-state index is 0.0765. The Labute approximate surface area is 158 Å². The molecule has 2 aromatic rings. The van der Waals surface area contributed by atoms with E-state index in [1.54, 1.807) is 6.92 Å². The third kappa shape index (κ3) is 4.19. The van der Waals surface area contributed by atoms with Crippen LogP contribution in [0.3, 0.4) is 0 Å². The molecule has 2 rings (SSSR count). The number of thiazole rings is 1. The summed E-state index contributed by atoms with van der Waals surface area (Å²) in [4.78, 5) is 18.9. The number of carbonyl (C=O) groups excluding carboxylic acids is 1. The molecule has 2 amide bonds. The van der Waals surface area contributed by atoms with Crippen LogP contribution in [0.4, 0.5) is 36.3 Å². The number of nitrogens with one attached hydrogen (secondary N) is 1. The number of pyridine rings is 1. The Kier molecular flexibility index (Phi) is 6.18. The van der Waals surface area contributed by atoms with Crippen molar-refractivity contribution in [2.75, 3.05) is 11.4 Å². The monoisotopic (exact) mass is 428 g/mol. The highest BCUT2D eigenvalue weighted by molar-refractivity contribution is 7.15. The number of urea groups is 1. The predicted molar refractivity (Wildman–Crippen MR) is 87.6 cm³/mol. The van der Waals surface area contributed by atoms with Gasteiger partial charge < -0.3 is 10.4 Å². The van der Waals surface area contributed by atoms with Crippen molar-refractivity contribution in [2.45, 2.75) is 31.4 Å². The number of hydrogen-bond donors (Lipinski definition) is 2. The third-order valence-electron chi connectivity index (χ3n) is 3.56. The van der Waals surface area contributed by atoms with E-state index in [1.165, 1.54) is 24.5 Å². The average Bonchev–Trinajstić information content (AvgIpc) is 3.08. The topological polar surface area (TPSA) is 78.4 Å². The number of nitrogens with zero attached hydrogens (tertiary/aromatic N) is 3. The molecule has 0 aromatic carbocycles. The first-order chi connectivity index (χ1) is 12.9. The van der Waals surface area contributed by atoms with Crippen LogP contribution in [0, 0.1) is 0 Å². The first-order valence-electron chi connectivity index (χ1n) is 7.68. The Balaban J connectivity index is 2.47. The van der Waals surface area contributed by atoms with Crippen molar-refractivity contribution in [3.63, 3.8) is 0 Å². The van der Waals surface area contributed by atoms with E-state index in [1.807, 2.05) is 0 Å². The van der Waals surface area contributed by atoms with E-state index in [4.69, 9.17) is 0 Å². The lowest BCUT2D eigenvalue weighted by atomic mass is 10.0. The van der Waals surface area contributed by atoms with Gasteiger partial charge in [0.15, 0.2) is 5.13 Å². The van der Waals surface area contributed by atoms with Gasteiger partial charge in [0.2, 0.25) is 0 Å². The lowest BCUT2D eigenvalue weighted by Crippen LogP contribution is -2.53. The molecule has 0 aliphatic rings. The zero-order chi connectivity index (χ0) is 21.2. The van der Waals surface area contributed by atoms with Crippen LogP contribution in [0.5, 0.6) is 0 Å². The summed E-state index contributed by atoms with van der Waals surface area (Å²) in [6.07, 6.45) is -8.98. The third-order valence-corrected chi connectivity index (χ3v) is 4.69. The Hall–Kier alpha value is -2.41. The predicted octanol–water partition coefficient (Wildman–Crippen LogP) is 3.59. The van der Waals surface area contributed by atoms with E-state index in [0.29, 0.717) is 5.56 Å². The first-order valence-corrected chi connectivity index (χ1v) is 8.49. The number of rotatable bonds is 5. The second-order valence-electron chi connectivity index (χ2n) is 5.49. The molecule has 0 saturated carbocycles. The normalized spacial score (nSPS) is 12.7. The maximum Gasteiger partial charge on any atom is 0.431 e. The molecule has 0 atom stereocenters. The molecule has 0 aliphatic carbocycles. The van der Waals surface area contributed by atoms with E-state index >= 15 is 0 Å². The summed E-state index contributed by atoms with van der Waals surface area (Å²) >= 11 is -0.0765. The standard InChI is InChI=1S/C15H14F6N4O2S/c1-2-23-11(26)25(8-9-3-5-22-6-4-9)12-24-7-10(28-12)13(27,14(16,17)18)15(19,20)21/h3-7,27H,2,8H2,1H3,(H,23,26). The van der Waals surface area contributed by atoms with Crippen LogP contribution in [0.15, 0.2) is 30.7 Å². The van der Waals surface area contributed by atoms with Gasteiger partial charge in [0, 0.05) is 25.1 Å². The number of halogens is 6. The summed E-state index contributed by atoms with van der Waals surface area (Å²) < 4.78 is 78.2. The summed E-state index contributed by atoms with van der Waals surface area (Å²) in [6.45, 7) is 1.57. The largest absolute Gasteiger partial charge is 0.431 e. The molecule has 0 radical (unpaired) electrons. The molecule has 0 fully saturated rings. The molecule has 2 heterocycles. The smallest absolute Gasteiger partial charge is 0.369 e. The second-order valence-corrected chi connectivity index (χ2v) is 6.50. The SMILES string of the molecule is CCNC(=O)N(Cc1ccncc1)c1ncc(C(O)(C(F)(F)F)C(F)(F)F)s1. The molecule has 28 heavy (non-hydrogen) atoms. The van der Waals surface area contributed by atoms with Crippen LogP contribution in [-0.2, 0) is 12.1 Å². The van der Waals surface area contributed by atoms with E-state index in [0.717, 1.165) is 4.90 Å². The molecule has 2 aromatic heterocycles. The van der Waals surface area contributed by atoms with Crippen LogP contribution < -0.4 is 10.2 Å². The number of aliphatic hydroxyl groups is 1. The second kappa shape index (κ2) is 7.91. The molecular weight excluding hydrogens is 414 g/mol. The van der Waals surface area contributed by atoms with E-state index in [2.05, 4.69) is 15.3 Å². The molecule has 0 bridgehead atoms. The van der Waals surface area contributed by atoms with Crippen molar-refractivity contribution in [3.05, 3.63) is 41.2 Å². The fraction of sp³-hybridized carbons (Fsp3) is 0.400. The summed E-state index contributed by atoms with van der Waals surface area (Å²) in [6, 6.07) is 2.26. The molecule has 13 heteroatoms. The van der Waals surface area contributed by atoms with E-state index in [-0.39, 0.29) is 30.6 Å². The summed E-state index contributed by atoms with van der Waals surface area (Å²) in [5.41, 5.74) is -4.58. The highest BCUT2D eigenvalue weighted by atomic mass is 32.1. The molecule has 0 spiro atoms. The van der Waals surface area contributed by atoms with Crippen molar-refractivity contribution in [1.29, 1.82) is 0 Å². The molecule has 154 valence electrons. The van der Waals surface area contributed by atoms with Gasteiger partial charge in [-0.1, -0.05) is 11.3 Å². The van der Waals surface area contributed by atoms with Crippen molar-refractivity contribution >= 4 is 22.5 Å². The summed E-state index contributed by atoms with van der Waals surface area (Å²) in [5, 5.41) is 11.4. The molecule has 0 saturated heterocycles. The maximum atomic E-state index is 13.0. The van der Waals surface area contributed by atoms with Crippen LogP contribution in [0.1, 0.15) is 17.4 Å². The Morgan fingerprint density at radius 3 is 2.25 bits per heavy atom. The number of amides is 2. The fourth-order valence-corrected chi connectivity index (χ4v) is 3.19. The Bertz CT molecular complexity index is 795. The number of alkyl halides is 6. The van der Waals surface area contributed by atoms with Crippen LogP contribution in [-0.4, -0.2) is 40.0 Å².